The van der Waals surface area contributed by atoms with Crippen LogP contribution in [0, 0.1) is 5.92 Å². The molecule has 0 bridgehead atoms. The van der Waals surface area contributed by atoms with Gasteiger partial charge in [0, 0.05) is 17.5 Å². The molecule has 0 fully saturated rings. The van der Waals surface area contributed by atoms with E-state index in [1.54, 1.807) is 11.3 Å². The van der Waals surface area contributed by atoms with Crippen molar-refractivity contribution in [3.8, 4) is 0 Å². The largest absolute Gasteiger partial charge is 0.306 e. The highest BCUT2D eigenvalue weighted by Crippen LogP contribution is 2.15. The molecule has 0 aromatic carbocycles. The molecule has 3 atom stereocenters. The smallest absolute Gasteiger partial charge is 0.0795 e. The Morgan fingerprint density at radius 1 is 1.43 bits per heavy atom. The third kappa shape index (κ3) is 3.07. The van der Waals surface area contributed by atoms with E-state index in [0.29, 0.717) is 12.1 Å². The summed E-state index contributed by atoms with van der Waals surface area (Å²) in [7, 11) is 0. The van der Waals surface area contributed by atoms with Crippen molar-refractivity contribution in [2.75, 3.05) is 0 Å². The van der Waals surface area contributed by atoms with Gasteiger partial charge < -0.3 is 5.32 Å². The maximum absolute atomic E-state index is 4.31. The van der Waals surface area contributed by atoms with E-state index in [1.807, 2.05) is 5.51 Å². The van der Waals surface area contributed by atoms with Crippen molar-refractivity contribution in [2.45, 2.75) is 46.2 Å². The average molecular weight is 212 g/mol. The molecule has 0 radical (unpaired) electrons. The van der Waals surface area contributed by atoms with E-state index in [4.69, 9.17) is 0 Å². The SMILES string of the molecule is CCC(C)C(C)NC(C)c1cscn1. The van der Waals surface area contributed by atoms with Crippen molar-refractivity contribution in [3.63, 3.8) is 0 Å². The normalized spacial score (nSPS) is 17.7. The van der Waals surface area contributed by atoms with Gasteiger partial charge in [0.15, 0.2) is 0 Å². The number of nitrogens with one attached hydrogen (secondary N) is 1. The van der Waals surface area contributed by atoms with Crippen LogP contribution in [0.5, 0.6) is 0 Å². The Morgan fingerprint density at radius 2 is 2.14 bits per heavy atom. The third-order valence-electron chi connectivity index (χ3n) is 2.91. The van der Waals surface area contributed by atoms with E-state index in [1.165, 1.54) is 6.42 Å². The summed E-state index contributed by atoms with van der Waals surface area (Å²) < 4.78 is 0. The Hall–Kier alpha value is -0.410. The van der Waals surface area contributed by atoms with E-state index < -0.39 is 0 Å². The van der Waals surface area contributed by atoms with Crippen LogP contribution >= 0.6 is 11.3 Å². The lowest BCUT2D eigenvalue weighted by molar-refractivity contribution is 0.358. The van der Waals surface area contributed by atoms with Crippen molar-refractivity contribution in [1.82, 2.24) is 10.3 Å². The summed E-state index contributed by atoms with van der Waals surface area (Å²) >= 11 is 1.66. The number of hydrogen-bond donors (Lipinski definition) is 1. The van der Waals surface area contributed by atoms with Gasteiger partial charge in [-0.2, -0.15) is 0 Å². The number of thiazole rings is 1. The summed E-state index contributed by atoms with van der Waals surface area (Å²) in [6.07, 6.45) is 1.22. The average Bonchev–Trinajstić information content (AvgIpc) is 2.69. The first-order valence-electron chi connectivity index (χ1n) is 5.29. The molecule has 3 unspecified atom stereocenters. The van der Waals surface area contributed by atoms with E-state index in [9.17, 15) is 0 Å². The summed E-state index contributed by atoms with van der Waals surface area (Å²) in [5.74, 6) is 0.719. The molecule has 0 saturated carbocycles. The van der Waals surface area contributed by atoms with Crippen LogP contribution in [0.2, 0.25) is 0 Å². The molecule has 0 aliphatic heterocycles. The highest BCUT2D eigenvalue weighted by Gasteiger charge is 2.14. The maximum Gasteiger partial charge on any atom is 0.0795 e. The van der Waals surface area contributed by atoms with Crippen molar-refractivity contribution in [2.24, 2.45) is 5.92 Å². The molecule has 0 amide bonds. The van der Waals surface area contributed by atoms with Crippen LogP contribution in [0.1, 0.15) is 45.9 Å². The van der Waals surface area contributed by atoms with E-state index in [2.05, 4.69) is 43.4 Å². The fourth-order valence-electron chi connectivity index (χ4n) is 1.43. The molecule has 1 heterocycles. The lowest BCUT2D eigenvalue weighted by atomic mass is 10.00. The zero-order chi connectivity index (χ0) is 10.6. The number of nitrogens with zero attached hydrogens (tertiary/aromatic N) is 1. The second-order valence-corrected chi connectivity index (χ2v) is 4.69. The summed E-state index contributed by atoms with van der Waals surface area (Å²) in [4.78, 5) is 4.31. The molecule has 1 aromatic rings. The van der Waals surface area contributed by atoms with Gasteiger partial charge in [-0.05, 0) is 19.8 Å². The van der Waals surface area contributed by atoms with Crippen molar-refractivity contribution >= 4 is 11.3 Å². The van der Waals surface area contributed by atoms with Gasteiger partial charge in [-0.15, -0.1) is 11.3 Å². The van der Waals surface area contributed by atoms with Crippen molar-refractivity contribution < 1.29 is 0 Å². The summed E-state index contributed by atoms with van der Waals surface area (Å²) in [5.41, 5.74) is 3.05. The number of rotatable bonds is 5. The molecule has 0 spiro atoms. The van der Waals surface area contributed by atoms with Crippen LogP contribution in [-0.2, 0) is 0 Å². The predicted octanol–water partition coefficient (Wildman–Crippen LogP) is 3.23. The van der Waals surface area contributed by atoms with Crippen LogP contribution < -0.4 is 5.32 Å². The van der Waals surface area contributed by atoms with Crippen LogP contribution in [-0.4, -0.2) is 11.0 Å². The van der Waals surface area contributed by atoms with Crippen molar-refractivity contribution in [1.29, 1.82) is 0 Å². The van der Waals surface area contributed by atoms with E-state index in [-0.39, 0.29) is 0 Å². The van der Waals surface area contributed by atoms with Crippen molar-refractivity contribution in [3.05, 3.63) is 16.6 Å². The maximum atomic E-state index is 4.31. The Balaban J connectivity index is 2.44. The molecule has 80 valence electrons. The second kappa shape index (κ2) is 5.47. The highest BCUT2D eigenvalue weighted by molar-refractivity contribution is 7.07. The van der Waals surface area contributed by atoms with Gasteiger partial charge in [-0.3, -0.25) is 0 Å². The Labute approximate surface area is 90.8 Å². The van der Waals surface area contributed by atoms with E-state index in [0.717, 1.165) is 11.6 Å². The predicted molar refractivity (Wildman–Crippen MR) is 62.6 cm³/mol. The molecular weight excluding hydrogens is 192 g/mol. The minimum Gasteiger partial charge on any atom is -0.306 e. The van der Waals surface area contributed by atoms with E-state index >= 15 is 0 Å². The Morgan fingerprint density at radius 3 is 2.64 bits per heavy atom. The lowest BCUT2D eigenvalue weighted by Gasteiger charge is -2.23. The lowest BCUT2D eigenvalue weighted by Crippen LogP contribution is -2.34. The third-order valence-corrected chi connectivity index (χ3v) is 3.51. The zero-order valence-corrected chi connectivity index (χ0v) is 10.3. The minimum absolute atomic E-state index is 0.366. The van der Waals surface area contributed by atoms with Gasteiger partial charge in [-0.1, -0.05) is 20.3 Å². The van der Waals surface area contributed by atoms with Gasteiger partial charge in [-0.25, -0.2) is 4.98 Å². The number of aromatic nitrogens is 1. The van der Waals surface area contributed by atoms with Gasteiger partial charge in [0.05, 0.1) is 11.2 Å². The van der Waals surface area contributed by atoms with Crippen LogP contribution in [0.4, 0.5) is 0 Å². The van der Waals surface area contributed by atoms with Gasteiger partial charge in [0.1, 0.15) is 0 Å². The molecule has 0 saturated heterocycles. The topological polar surface area (TPSA) is 24.9 Å². The first-order chi connectivity index (χ1) is 6.65. The van der Waals surface area contributed by atoms with Gasteiger partial charge in [0.2, 0.25) is 0 Å². The standard InChI is InChI=1S/C11H20N2S/c1-5-8(2)9(3)13-10(4)11-6-14-7-12-11/h6-10,13H,5H2,1-4H3. The first-order valence-corrected chi connectivity index (χ1v) is 6.23. The second-order valence-electron chi connectivity index (χ2n) is 3.98. The summed E-state index contributed by atoms with van der Waals surface area (Å²) in [5, 5.41) is 5.69. The van der Waals surface area contributed by atoms with Gasteiger partial charge in [0.25, 0.3) is 0 Å². The molecule has 3 heteroatoms. The zero-order valence-electron chi connectivity index (χ0n) is 9.45. The molecule has 14 heavy (non-hydrogen) atoms. The Kier molecular flexibility index (Phi) is 4.55. The first kappa shape index (κ1) is 11.7. The Bertz CT molecular complexity index is 246. The fraction of sp³-hybridized carbons (Fsp3) is 0.727. The fourth-order valence-corrected chi connectivity index (χ4v) is 2.08. The number of hydrogen-bond acceptors (Lipinski definition) is 3. The minimum atomic E-state index is 0.366. The van der Waals surface area contributed by atoms with Crippen LogP contribution in [0.15, 0.2) is 10.9 Å². The molecular formula is C11H20N2S. The quantitative estimate of drug-likeness (QED) is 0.810. The van der Waals surface area contributed by atoms with Crippen LogP contribution in [0.25, 0.3) is 0 Å². The summed E-state index contributed by atoms with van der Waals surface area (Å²) in [6.45, 7) is 8.94. The van der Waals surface area contributed by atoms with Gasteiger partial charge >= 0.3 is 0 Å². The summed E-state index contributed by atoms with van der Waals surface area (Å²) in [6, 6.07) is 0.918. The monoisotopic (exact) mass is 212 g/mol. The molecule has 0 aliphatic carbocycles. The van der Waals surface area contributed by atoms with Crippen LogP contribution in [0.3, 0.4) is 0 Å². The molecule has 1 N–H and O–H groups in total. The molecule has 2 nitrogen and oxygen atoms in total. The molecule has 0 aliphatic rings. The highest BCUT2D eigenvalue weighted by atomic mass is 32.1. The molecule has 1 rings (SSSR count). The molecule has 1 aromatic heterocycles.